The summed E-state index contributed by atoms with van der Waals surface area (Å²) in [4.78, 5) is 12.7. The number of primary amides is 1. The van der Waals surface area contributed by atoms with Crippen LogP contribution >= 0.6 is 0 Å². The number of rotatable bonds is 1. The van der Waals surface area contributed by atoms with Crippen molar-refractivity contribution < 1.29 is 4.79 Å². The largest absolute Gasteiger partial charge is 0.366 e. The number of amides is 1. The first-order valence-corrected chi connectivity index (χ1v) is 3.86. The summed E-state index contributed by atoms with van der Waals surface area (Å²) in [5, 5.41) is 0. The van der Waals surface area contributed by atoms with E-state index >= 15 is 0 Å². The predicted octanol–water partition coefficient (Wildman–Crippen LogP) is 0.124. The molecule has 0 aromatic heterocycles. The van der Waals surface area contributed by atoms with Crippen LogP contribution in [0.4, 0.5) is 0 Å². The highest BCUT2D eigenvalue weighted by Crippen LogP contribution is 2.13. The van der Waals surface area contributed by atoms with Gasteiger partial charge in [-0.2, -0.15) is 0 Å². The smallest absolute Gasteiger partial charge is 0.241 e. The number of nitrogens with zero attached hydrogens (tertiary/aromatic N) is 1. The second-order valence-corrected chi connectivity index (χ2v) is 3.01. The van der Waals surface area contributed by atoms with Gasteiger partial charge in [0.2, 0.25) is 5.91 Å². The molecule has 3 heteroatoms. The normalized spacial score (nSPS) is 19.9. The fourth-order valence-corrected chi connectivity index (χ4v) is 1.25. The van der Waals surface area contributed by atoms with E-state index < -0.39 is 0 Å². The van der Waals surface area contributed by atoms with Crippen molar-refractivity contribution in [3.05, 3.63) is 11.6 Å². The van der Waals surface area contributed by atoms with Crippen molar-refractivity contribution in [2.45, 2.75) is 12.8 Å². The zero-order chi connectivity index (χ0) is 8.27. The van der Waals surface area contributed by atoms with Gasteiger partial charge in [0.25, 0.3) is 0 Å². The lowest BCUT2D eigenvalue weighted by Gasteiger charge is -2.23. The molecule has 1 aliphatic heterocycles. The van der Waals surface area contributed by atoms with Crippen LogP contribution in [0, 0.1) is 0 Å². The van der Waals surface area contributed by atoms with Crippen LogP contribution in [-0.4, -0.2) is 30.9 Å². The Bertz CT molecular complexity index is 177. The zero-order valence-electron chi connectivity index (χ0n) is 6.84. The third kappa shape index (κ3) is 2.72. The van der Waals surface area contributed by atoms with Gasteiger partial charge in [0, 0.05) is 19.2 Å². The number of piperidine rings is 1. The van der Waals surface area contributed by atoms with Crippen molar-refractivity contribution >= 4 is 5.91 Å². The maximum atomic E-state index is 10.5. The number of hydrogen-bond acceptors (Lipinski definition) is 2. The Balaban J connectivity index is 2.45. The summed E-state index contributed by atoms with van der Waals surface area (Å²) in [5.41, 5.74) is 6.22. The molecule has 1 saturated heterocycles. The third-order valence-electron chi connectivity index (χ3n) is 1.98. The van der Waals surface area contributed by atoms with Crippen LogP contribution in [0.15, 0.2) is 11.6 Å². The fraction of sp³-hybridized carbons (Fsp3) is 0.625. The van der Waals surface area contributed by atoms with Crippen LogP contribution in [0.1, 0.15) is 12.8 Å². The molecular formula is C8H14N2O. The van der Waals surface area contributed by atoms with Crippen molar-refractivity contribution in [3.8, 4) is 0 Å². The monoisotopic (exact) mass is 154 g/mol. The molecule has 0 saturated carbocycles. The Hall–Kier alpha value is -0.830. The van der Waals surface area contributed by atoms with Crippen molar-refractivity contribution in [2.24, 2.45) is 5.73 Å². The van der Waals surface area contributed by atoms with E-state index in [1.165, 1.54) is 5.57 Å². The van der Waals surface area contributed by atoms with Crippen LogP contribution in [0.25, 0.3) is 0 Å². The Morgan fingerprint density at radius 2 is 2.09 bits per heavy atom. The van der Waals surface area contributed by atoms with Crippen molar-refractivity contribution in [1.29, 1.82) is 0 Å². The van der Waals surface area contributed by atoms with E-state index in [1.54, 1.807) is 6.08 Å². The molecule has 0 aromatic rings. The Labute approximate surface area is 66.9 Å². The summed E-state index contributed by atoms with van der Waals surface area (Å²) >= 11 is 0. The highest BCUT2D eigenvalue weighted by molar-refractivity contribution is 5.86. The first-order valence-electron chi connectivity index (χ1n) is 3.86. The van der Waals surface area contributed by atoms with Gasteiger partial charge in [-0.1, -0.05) is 5.57 Å². The molecule has 0 bridgehead atoms. The molecule has 0 atom stereocenters. The van der Waals surface area contributed by atoms with Crippen LogP contribution in [0.3, 0.4) is 0 Å². The summed E-state index contributed by atoms with van der Waals surface area (Å²) in [7, 11) is 2.08. The number of nitrogens with two attached hydrogens (primary N) is 1. The first-order chi connectivity index (χ1) is 5.18. The lowest BCUT2D eigenvalue weighted by atomic mass is 10.0. The summed E-state index contributed by atoms with van der Waals surface area (Å²) < 4.78 is 0. The van der Waals surface area contributed by atoms with E-state index in [-0.39, 0.29) is 5.91 Å². The molecular weight excluding hydrogens is 140 g/mol. The van der Waals surface area contributed by atoms with E-state index in [2.05, 4.69) is 11.9 Å². The number of likely N-dealkylation sites (tertiary alicyclic amines) is 1. The van der Waals surface area contributed by atoms with Gasteiger partial charge in [0.05, 0.1) is 0 Å². The number of carbonyl (C=O) groups excluding carboxylic acids is 1. The highest BCUT2D eigenvalue weighted by atomic mass is 16.1. The molecule has 0 unspecified atom stereocenters. The highest BCUT2D eigenvalue weighted by Gasteiger charge is 2.09. The van der Waals surface area contributed by atoms with E-state index in [0.717, 1.165) is 25.9 Å². The molecule has 1 rings (SSSR count). The van der Waals surface area contributed by atoms with Crippen molar-refractivity contribution in [2.75, 3.05) is 20.1 Å². The lowest BCUT2D eigenvalue weighted by molar-refractivity contribution is -0.113. The topological polar surface area (TPSA) is 46.3 Å². The first kappa shape index (κ1) is 8.27. The minimum Gasteiger partial charge on any atom is -0.366 e. The minimum atomic E-state index is -0.315. The van der Waals surface area contributed by atoms with E-state index in [4.69, 9.17) is 5.73 Å². The molecule has 3 nitrogen and oxygen atoms in total. The Morgan fingerprint density at radius 1 is 1.55 bits per heavy atom. The van der Waals surface area contributed by atoms with Crippen LogP contribution < -0.4 is 5.73 Å². The fourth-order valence-electron chi connectivity index (χ4n) is 1.25. The average Bonchev–Trinajstić information content (AvgIpc) is 1.93. The second kappa shape index (κ2) is 3.53. The lowest BCUT2D eigenvalue weighted by Crippen LogP contribution is -2.27. The molecule has 62 valence electrons. The zero-order valence-corrected chi connectivity index (χ0v) is 6.84. The van der Waals surface area contributed by atoms with Gasteiger partial charge < -0.3 is 10.6 Å². The van der Waals surface area contributed by atoms with Crippen molar-refractivity contribution in [3.63, 3.8) is 0 Å². The van der Waals surface area contributed by atoms with Gasteiger partial charge in [-0.3, -0.25) is 4.79 Å². The van der Waals surface area contributed by atoms with E-state index in [0.29, 0.717) is 0 Å². The molecule has 1 amide bonds. The van der Waals surface area contributed by atoms with Gasteiger partial charge in [-0.25, -0.2) is 0 Å². The minimum absolute atomic E-state index is 0.315. The molecule has 0 aromatic carbocycles. The standard InChI is InChI=1S/C8H14N2O/c1-10-4-2-7(3-5-10)6-8(9)11/h6H,2-5H2,1H3,(H2,9,11). The molecule has 1 aliphatic rings. The summed E-state index contributed by atoms with van der Waals surface area (Å²) in [6, 6.07) is 0. The quantitative estimate of drug-likeness (QED) is 0.545. The maximum absolute atomic E-state index is 10.5. The van der Waals surface area contributed by atoms with Crippen LogP contribution in [0.2, 0.25) is 0 Å². The van der Waals surface area contributed by atoms with Gasteiger partial charge in [-0.15, -0.1) is 0 Å². The molecule has 0 spiro atoms. The summed E-state index contributed by atoms with van der Waals surface area (Å²) in [6.07, 6.45) is 3.53. The average molecular weight is 154 g/mol. The van der Waals surface area contributed by atoms with Gasteiger partial charge >= 0.3 is 0 Å². The molecule has 1 heterocycles. The second-order valence-electron chi connectivity index (χ2n) is 3.01. The molecule has 2 N–H and O–H groups in total. The van der Waals surface area contributed by atoms with Gasteiger partial charge in [0.15, 0.2) is 0 Å². The molecule has 11 heavy (non-hydrogen) atoms. The SMILES string of the molecule is CN1CCC(=CC(N)=O)CC1. The number of carbonyl (C=O) groups is 1. The van der Waals surface area contributed by atoms with Gasteiger partial charge in [0.1, 0.15) is 0 Å². The van der Waals surface area contributed by atoms with E-state index in [1.807, 2.05) is 0 Å². The Morgan fingerprint density at radius 3 is 2.55 bits per heavy atom. The summed E-state index contributed by atoms with van der Waals surface area (Å²) in [6.45, 7) is 2.08. The predicted molar refractivity (Wildman–Crippen MR) is 44.0 cm³/mol. The Kier molecular flexibility index (Phi) is 2.65. The van der Waals surface area contributed by atoms with Crippen LogP contribution in [-0.2, 0) is 4.79 Å². The van der Waals surface area contributed by atoms with Crippen molar-refractivity contribution in [1.82, 2.24) is 4.90 Å². The number of hydrogen-bond donors (Lipinski definition) is 1. The van der Waals surface area contributed by atoms with Crippen LogP contribution in [0.5, 0.6) is 0 Å². The summed E-state index contributed by atoms with van der Waals surface area (Å²) in [5.74, 6) is -0.315. The van der Waals surface area contributed by atoms with Gasteiger partial charge in [-0.05, 0) is 19.9 Å². The third-order valence-corrected chi connectivity index (χ3v) is 1.98. The molecule has 0 aliphatic carbocycles. The molecule has 1 fully saturated rings. The molecule has 0 radical (unpaired) electrons. The maximum Gasteiger partial charge on any atom is 0.241 e. The van der Waals surface area contributed by atoms with E-state index in [9.17, 15) is 4.79 Å².